The van der Waals surface area contributed by atoms with E-state index in [0.29, 0.717) is 24.9 Å². The summed E-state index contributed by atoms with van der Waals surface area (Å²) < 4.78 is 5.46. The Labute approximate surface area is 189 Å². The van der Waals surface area contributed by atoms with Crippen molar-refractivity contribution in [1.82, 2.24) is 9.80 Å². The molecule has 2 heterocycles. The Morgan fingerprint density at radius 2 is 1.81 bits per heavy atom. The lowest BCUT2D eigenvalue weighted by Gasteiger charge is -2.54. The molecule has 7 heteroatoms. The van der Waals surface area contributed by atoms with E-state index in [9.17, 15) is 19.2 Å². The highest BCUT2D eigenvalue weighted by atomic mass is 16.6. The fourth-order valence-electron chi connectivity index (χ4n) is 5.25. The molecule has 32 heavy (non-hydrogen) atoms. The van der Waals surface area contributed by atoms with Crippen molar-refractivity contribution in [3.05, 3.63) is 29.1 Å². The Morgan fingerprint density at radius 3 is 2.31 bits per heavy atom. The number of carbonyl (C=O) groups excluding carboxylic acids is 4. The van der Waals surface area contributed by atoms with Crippen molar-refractivity contribution in [2.24, 2.45) is 11.3 Å². The molecule has 0 atom stereocenters. The normalized spacial score (nSPS) is 23.5. The molecule has 3 fully saturated rings. The third-order valence-corrected chi connectivity index (χ3v) is 7.27. The van der Waals surface area contributed by atoms with Crippen molar-refractivity contribution in [1.29, 1.82) is 0 Å². The minimum atomic E-state index is -0.502. The smallest absolute Gasteiger partial charge is 0.410 e. The van der Waals surface area contributed by atoms with Crippen molar-refractivity contribution >= 4 is 24.1 Å². The zero-order valence-corrected chi connectivity index (χ0v) is 19.2. The molecule has 2 aliphatic heterocycles. The highest BCUT2D eigenvalue weighted by Gasteiger charge is 2.49. The molecular weight excluding hydrogens is 408 g/mol. The summed E-state index contributed by atoms with van der Waals surface area (Å²) in [5.41, 5.74) is 0.290. The molecule has 0 unspecified atom stereocenters. The highest BCUT2D eigenvalue weighted by molar-refractivity contribution is 6.07. The van der Waals surface area contributed by atoms with Crippen LogP contribution in [-0.4, -0.2) is 58.6 Å². The molecular formula is C25H32N2O5. The van der Waals surface area contributed by atoms with E-state index >= 15 is 0 Å². The number of rotatable bonds is 4. The first-order chi connectivity index (χ1) is 15.2. The Balaban J connectivity index is 1.38. The van der Waals surface area contributed by atoms with E-state index in [0.717, 1.165) is 44.9 Å². The third-order valence-electron chi connectivity index (χ3n) is 7.27. The first kappa shape index (κ1) is 22.5. The van der Waals surface area contributed by atoms with Gasteiger partial charge < -0.3 is 14.5 Å². The first-order valence-corrected chi connectivity index (χ1v) is 11.6. The van der Waals surface area contributed by atoms with Crippen molar-refractivity contribution in [2.45, 2.75) is 77.4 Å². The molecule has 0 N–H and O–H groups in total. The van der Waals surface area contributed by atoms with Gasteiger partial charge in [0.15, 0.2) is 18.0 Å². The van der Waals surface area contributed by atoms with Crippen LogP contribution in [-0.2, 0) is 19.1 Å². The van der Waals surface area contributed by atoms with Gasteiger partial charge in [-0.1, -0.05) is 6.42 Å². The van der Waals surface area contributed by atoms with Gasteiger partial charge in [-0.3, -0.25) is 9.59 Å². The van der Waals surface area contributed by atoms with E-state index in [1.807, 2.05) is 31.6 Å². The molecule has 0 aromatic carbocycles. The molecule has 1 amide bonds. The average Bonchev–Trinajstić information content (AvgIpc) is 2.68. The number of amides is 1. The molecule has 0 radical (unpaired) electrons. The van der Waals surface area contributed by atoms with E-state index in [1.165, 1.54) is 0 Å². The van der Waals surface area contributed by atoms with Gasteiger partial charge in [-0.15, -0.1) is 0 Å². The molecule has 1 spiro atoms. The van der Waals surface area contributed by atoms with Crippen molar-refractivity contribution < 1.29 is 23.9 Å². The second-order valence-electron chi connectivity index (χ2n) is 10.7. The number of ketones is 1. The summed E-state index contributed by atoms with van der Waals surface area (Å²) in [6, 6.07) is 0.0687. The van der Waals surface area contributed by atoms with E-state index in [4.69, 9.17) is 4.74 Å². The lowest BCUT2D eigenvalue weighted by atomic mass is 9.67. The minimum Gasteiger partial charge on any atom is -0.444 e. The Bertz CT molecular complexity index is 914. The van der Waals surface area contributed by atoms with E-state index in [2.05, 4.69) is 0 Å². The maximum Gasteiger partial charge on any atom is 0.410 e. The number of nitrogens with zero attached hydrogens (tertiary/aromatic N) is 2. The van der Waals surface area contributed by atoms with Crippen LogP contribution in [0.2, 0.25) is 0 Å². The highest BCUT2D eigenvalue weighted by Crippen LogP contribution is 2.46. The van der Waals surface area contributed by atoms with Gasteiger partial charge in [0.05, 0.1) is 5.57 Å². The van der Waals surface area contributed by atoms with Gasteiger partial charge in [0, 0.05) is 42.2 Å². The minimum absolute atomic E-state index is 0.0369. The molecule has 7 nitrogen and oxygen atoms in total. The molecule has 4 aliphatic rings. The van der Waals surface area contributed by atoms with Gasteiger partial charge in [0.2, 0.25) is 0 Å². The molecule has 2 aliphatic carbocycles. The first-order valence-electron chi connectivity index (χ1n) is 11.6. The summed E-state index contributed by atoms with van der Waals surface area (Å²) in [5.74, 6) is 1.86. The molecule has 0 aromatic rings. The maximum absolute atomic E-state index is 12.7. The van der Waals surface area contributed by atoms with E-state index in [-0.39, 0.29) is 40.5 Å². The van der Waals surface area contributed by atoms with E-state index in [1.54, 1.807) is 17.2 Å². The van der Waals surface area contributed by atoms with Crippen LogP contribution in [0.4, 0.5) is 4.79 Å². The fourth-order valence-corrected chi connectivity index (χ4v) is 5.25. The van der Waals surface area contributed by atoms with Crippen LogP contribution in [0.15, 0.2) is 29.1 Å². The molecule has 2 saturated carbocycles. The summed E-state index contributed by atoms with van der Waals surface area (Å²) in [7, 11) is 0. The number of carbonyl (C=O) groups is 3. The van der Waals surface area contributed by atoms with Crippen molar-refractivity contribution in [2.75, 3.05) is 13.1 Å². The Kier molecular flexibility index (Phi) is 5.89. The van der Waals surface area contributed by atoms with Crippen LogP contribution in [0.3, 0.4) is 0 Å². The number of likely N-dealkylation sites (tertiary alicyclic amines) is 1. The predicted octanol–water partition coefficient (Wildman–Crippen LogP) is 3.58. The second-order valence-corrected chi connectivity index (χ2v) is 10.7. The summed E-state index contributed by atoms with van der Waals surface area (Å²) in [5, 5.41) is 0. The van der Waals surface area contributed by atoms with Gasteiger partial charge in [-0.2, -0.15) is 0 Å². The lowest BCUT2D eigenvalue weighted by molar-refractivity contribution is -0.121. The standard InChI is InChI=1S/C25H32N2O5/c1-24(2,3)32-23(31)26-15-25(16-26)10-7-18(8-11-25)27-12-9-19(20(13-28)21(27)14-29)22(30)17-5-4-6-17/h9,12-13,17-18H,4-8,10-11,15-16H2,1-3H3. The SMILES string of the molecule is CC(C)(C)OC(=O)N1CC2(CCC(N3C=CC(C(=O)C4CCC4)=C(C=O)C3=C=O)CC2)C1. The van der Waals surface area contributed by atoms with Crippen LogP contribution in [0.25, 0.3) is 0 Å². The number of allylic oxidation sites excluding steroid dienone is 3. The lowest BCUT2D eigenvalue weighted by Crippen LogP contribution is -2.61. The number of hydrogen-bond acceptors (Lipinski definition) is 6. The van der Waals surface area contributed by atoms with Gasteiger partial charge in [-0.05, 0) is 65.4 Å². The van der Waals surface area contributed by atoms with Gasteiger partial charge >= 0.3 is 6.09 Å². The van der Waals surface area contributed by atoms with Crippen LogP contribution in [0.5, 0.6) is 0 Å². The zero-order valence-electron chi connectivity index (χ0n) is 19.2. The number of hydrogen-bond donors (Lipinski definition) is 0. The monoisotopic (exact) mass is 440 g/mol. The summed E-state index contributed by atoms with van der Waals surface area (Å²) >= 11 is 0. The van der Waals surface area contributed by atoms with Crippen LogP contribution >= 0.6 is 0 Å². The van der Waals surface area contributed by atoms with Crippen LogP contribution in [0.1, 0.15) is 65.7 Å². The zero-order chi connectivity index (χ0) is 23.1. The summed E-state index contributed by atoms with van der Waals surface area (Å²) in [6.07, 6.45) is 10.1. The second kappa shape index (κ2) is 8.36. The molecule has 4 rings (SSSR count). The van der Waals surface area contributed by atoms with E-state index < -0.39 is 5.60 Å². The largest absolute Gasteiger partial charge is 0.444 e. The quantitative estimate of drug-likeness (QED) is 0.491. The topological polar surface area (TPSA) is 84.0 Å². The van der Waals surface area contributed by atoms with Gasteiger partial charge in [-0.25, -0.2) is 9.59 Å². The van der Waals surface area contributed by atoms with Crippen molar-refractivity contribution in [3.8, 4) is 0 Å². The number of aldehydes is 1. The fraction of sp³-hybridized carbons (Fsp3) is 0.640. The number of ether oxygens (including phenoxy) is 1. The Hall–Kier alpha value is -2.66. The Morgan fingerprint density at radius 1 is 1.16 bits per heavy atom. The van der Waals surface area contributed by atoms with Gasteiger partial charge in [0.25, 0.3) is 0 Å². The predicted molar refractivity (Wildman–Crippen MR) is 118 cm³/mol. The van der Waals surface area contributed by atoms with Crippen LogP contribution < -0.4 is 0 Å². The molecule has 0 bridgehead atoms. The molecule has 1 saturated heterocycles. The average molecular weight is 441 g/mol. The third kappa shape index (κ3) is 4.18. The van der Waals surface area contributed by atoms with Gasteiger partial charge in [0.1, 0.15) is 11.3 Å². The van der Waals surface area contributed by atoms with Crippen molar-refractivity contribution in [3.63, 3.8) is 0 Å². The molecule has 0 aromatic heterocycles. The molecule has 172 valence electrons. The summed E-state index contributed by atoms with van der Waals surface area (Å²) in [4.78, 5) is 52.2. The number of Topliss-reactive ketones (excluding diaryl/α,β-unsaturated/α-hetero) is 1. The maximum atomic E-state index is 12.7. The summed E-state index contributed by atoms with van der Waals surface area (Å²) in [6.45, 7) is 6.98. The van der Waals surface area contributed by atoms with Crippen LogP contribution in [0, 0.1) is 11.3 Å².